The number of aliphatic hydroxyl groups is 1. The van der Waals surface area contributed by atoms with E-state index in [1.54, 1.807) is 0 Å². The normalized spacial score (nSPS) is 12.2. The van der Waals surface area contributed by atoms with Gasteiger partial charge in [0.1, 0.15) is 0 Å². The van der Waals surface area contributed by atoms with E-state index in [9.17, 15) is 18.3 Å². The zero-order valence-electron chi connectivity index (χ0n) is 11.0. The molecule has 1 aromatic carbocycles. The molecule has 0 fully saturated rings. The van der Waals surface area contributed by atoms with Crippen LogP contribution < -0.4 is 4.72 Å². The highest BCUT2D eigenvalue weighted by Gasteiger charge is 2.20. The summed E-state index contributed by atoms with van der Waals surface area (Å²) in [6.45, 7) is 2.89. The molecule has 0 aliphatic heterocycles. The second-order valence-corrected chi connectivity index (χ2v) is 6.42. The molecule has 0 atom stereocenters. The van der Waals surface area contributed by atoms with E-state index in [-0.39, 0.29) is 17.0 Å². The molecule has 0 aromatic heterocycles. The number of carbonyl (C=O) groups excluding carboxylic acids is 1. The first kappa shape index (κ1) is 15.6. The number of hydrogen-bond donors (Lipinski definition) is 2. The van der Waals surface area contributed by atoms with Crippen LogP contribution in [0.15, 0.2) is 29.2 Å². The Morgan fingerprint density at radius 2 is 1.84 bits per heavy atom. The summed E-state index contributed by atoms with van der Waals surface area (Å²) in [4.78, 5) is 11.2. The maximum Gasteiger partial charge on any atom is 0.337 e. The van der Waals surface area contributed by atoms with Crippen LogP contribution in [0.5, 0.6) is 0 Å². The van der Waals surface area contributed by atoms with Gasteiger partial charge in [0.25, 0.3) is 0 Å². The van der Waals surface area contributed by atoms with Gasteiger partial charge in [-0.2, -0.15) is 0 Å². The van der Waals surface area contributed by atoms with Crippen LogP contribution in [-0.4, -0.2) is 38.7 Å². The smallest absolute Gasteiger partial charge is 0.337 e. The molecule has 0 unspecified atom stereocenters. The van der Waals surface area contributed by atoms with Crippen molar-refractivity contribution < 1.29 is 23.1 Å². The van der Waals surface area contributed by atoms with Gasteiger partial charge >= 0.3 is 5.97 Å². The molecule has 0 bridgehead atoms. The topological polar surface area (TPSA) is 92.7 Å². The van der Waals surface area contributed by atoms with E-state index in [1.165, 1.54) is 45.2 Å². The molecule has 106 valence electrons. The molecule has 0 spiro atoms. The van der Waals surface area contributed by atoms with Crippen molar-refractivity contribution >= 4 is 16.0 Å². The monoisotopic (exact) mass is 287 g/mol. The summed E-state index contributed by atoms with van der Waals surface area (Å²) in [5.74, 6) is -0.534. The zero-order valence-corrected chi connectivity index (χ0v) is 11.8. The van der Waals surface area contributed by atoms with Gasteiger partial charge in [-0.1, -0.05) is 0 Å². The molecule has 0 saturated heterocycles. The third-order valence-corrected chi connectivity index (χ3v) is 3.70. The van der Waals surface area contributed by atoms with Crippen molar-refractivity contribution in [3.63, 3.8) is 0 Å². The van der Waals surface area contributed by atoms with Crippen molar-refractivity contribution in [1.29, 1.82) is 0 Å². The SMILES string of the molecule is COC(=O)c1ccc(S(=O)(=O)NCC(C)(C)O)cc1. The highest BCUT2D eigenvalue weighted by molar-refractivity contribution is 7.89. The van der Waals surface area contributed by atoms with Gasteiger partial charge in [-0.3, -0.25) is 0 Å². The van der Waals surface area contributed by atoms with E-state index in [0.717, 1.165) is 0 Å². The summed E-state index contributed by atoms with van der Waals surface area (Å²) in [5.41, 5.74) is -0.872. The van der Waals surface area contributed by atoms with Crippen LogP contribution in [-0.2, 0) is 14.8 Å². The molecule has 2 N–H and O–H groups in total. The van der Waals surface area contributed by atoms with Gasteiger partial charge in [-0.15, -0.1) is 0 Å². The van der Waals surface area contributed by atoms with Crippen molar-refractivity contribution in [2.24, 2.45) is 0 Å². The fourth-order valence-corrected chi connectivity index (χ4v) is 2.45. The minimum atomic E-state index is -3.70. The lowest BCUT2D eigenvalue weighted by Crippen LogP contribution is -2.38. The predicted molar refractivity (Wildman–Crippen MR) is 69.3 cm³/mol. The highest BCUT2D eigenvalue weighted by Crippen LogP contribution is 2.12. The number of ether oxygens (including phenoxy) is 1. The molecular weight excluding hydrogens is 270 g/mol. The minimum Gasteiger partial charge on any atom is -0.465 e. The zero-order chi connectivity index (χ0) is 14.7. The van der Waals surface area contributed by atoms with E-state index in [0.29, 0.717) is 0 Å². The molecule has 0 heterocycles. The number of carbonyl (C=O) groups is 1. The van der Waals surface area contributed by atoms with Crippen molar-refractivity contribution in [2.45, 2.75) is 24.3 Å². The number of methoxy groups -OCH3 is 1. The lowest BCUT2D eigenvalue weighted by atomic mass is 10.1. The van der Waals surface area contributed by atoms with Crippen molar-refractivity contribution in [1.82, 2.24) is 4.72 Å². The summed E-state index contributed by atoms with van der Waals surface area (Å²) in [5, 5.41) is 9.49. The molecule has 1 rings (SSSR count). The first-order valence-electron chi connectivity index (χ1n) is 5.56. The fourth-order valence-electron chi connectivity index (χ4n) is 1.24. The summed E-state index contributed by atoms with van der Waals surface area (Å²) < 4.78 is 30.6. The fraction of sp³-hybridized carbons (Fsp3) is 0.417. The van der Waals surface area contributed by atoms with Crippen LogP contribution in [0.3, 0.4) is 0 Å². The van der Waals surface area contributed by atoms with Crippen LogP contribution in [0.25, 0.3) is 0 Å². The Balaban J connectivity index is 2.88. The van der Waals surface area contributed by atoms with Gasteiger partial charge < -0.3 is 9.84 Å². The third-order valence-electron chi connectivity index (χ3n) is 2.28. The number of hydrogen-bond acceptors (Lipinski definition) is 5. The quantitative estimate of drug-likeness (QED) is 0.770. The van der Waals surface area contributed by atoms with Crippen LogP contribution in [0.4, 0.5) is 0 Å². The molecule has 1 aromatic rings. The molecule has 7 heteroatoms. The molecular formula is C12H17NO5S. The number of esters is 1. The average Bonchev–Trinajstić information content (AvgIpc) is 2.35. The Bertz CT molecular complexity index is 542. The van der Waals surface area contributed by atoms with Crippen LogP contribution in [0, 0.1) is 0 Å². The average molecular weight is 287 g/mol. The van der Waals surface area contributed by atoms with E-state index in [2.05, 4.69) is 9.46 Å². The standard InChI is InChI=1S/C12H17NO5S/c1-12(2,15)8-13-19(16,17)10-6-4-9(5-7-10)11(14)18-3/h4-7,13,15H,8H2,1-3H3. The van der Waals surface area contributed by atoms with E-state index in [4.69, 9.17) is 0 Å². The third kappa shape index (κ3) is 4.62. The highest BCUT2D eigenvalue weighted by atomic mass is 32.2. The number of benzene rings is 1. The molecule has 0 radical (unpaired) electrons. The Kier molecular flexibility index (Phi) is 4.67. The van der Waals surface area contributed by atoms with Crippen LogP contribution in [0.1, 0.15) is 24.2 Å². The first-order chi connectivity index (χ1) is 8.65. The van der Waals surface area contributed by atoms with E-state index < -0.39 is 21.6 Å². The van der Waals surface area contributed by atoms with Gasteiger partial charge in [0.05, 0.1) is 23.2 Å². The number of rotatable bonds is 5. The molecule has 0 aliphatic rings. The number of sulfonamides is 1. The van der Waals surface area contributed by atoms with Gasteiger partial charge in [0.15, 0.2) is 0 Å². The first-order valence-corrected chi connectivity index (χ1v) is 7.04. The van der Waals surface area contributed by atoms with Gasteiger partial charge in [-0.25, -0.2) is 17.9 Å². The van der Waals surface area contributed by atoms with Gasteiger partial charge in [0, 0.05) is 6.54 Å². The Morgan fingerprint density at radius 3 is 2.26 bits per heavy atom. The lowest BCUT2D eigenvalue weighted by molar-refractivity contribution is 0.0600. The Hall–Kier alpha value is -1.44. The Morgan fingerprint density at radius 1 is 1.32 bits per heavy atom. The maximum absolute atomic E-state index is 11.9. The summed E-state index contributed by atoms with van der Waals surface area (Å²) >= 11 is 0. The van der Waals surface area contributed by atoms with Crippen molar-refractivity contribution in [3.05, 3.63) is 29.8 Å². The predicted octanol–water partition coefficient (Wildman–Crippen LogP) is 0.522. The molecule has 6 nitrogen and oxygen atoms in total. The summed E-state index contributed by atoms with van der Waals surface area (Å²) in [7, 11) is -2.46. The second-order valence-electron chi connectivity index (χ2n) is 4.65. The van der Waals surface area contributed by atoms with Crippen molar-refractivity contribution in [2.75, 3.05) is 13.7 Å². The maximum atomic E-state index is 11.9. The number of nitrogens with one attached hydrogen (secondary N) is 1. The molecule has 19 heavy (non-hydrogen) atoms. The summed E-state index contributed by atoms with van der Waals surface area (Å²) in [6, 6.07) is 5.34. The largest absolute Gasteiger partial charge is 0.465 e. The molecule has 0 aliphatic carbocycles. The Labute approximate surface area is 112 Å². The van der Waals surface area contributed by atoms with Crippen molar-refractivity contribution in [3.8, 4) is 0 Å². The second kappa shape index (κ2) is 5.68. The van der Waals surface area contributed by atoms with Crippen LogP contribution >= 0.6 is 0 Å². The minimum absolute atomic E-state index is 0.0180. The van der Waals surface area contributed by atoms with Gasteiger partial charge in [0.2, 0.25) is 10.0 Å². The van der Waals surface area contributed by atoms with E-state index in [1.807, 2.05) is 0 Å². The molecule has 0 amide bonds. The van der Waals surface area contributed by atoms with Crippen LogP contribution in [0.2, 0.25) is 0 Å². The molecule has 0 saturated carbocycles. The summed E-state index contributed by atoms with van der Waals surface area (Å²) in [6.07, 6.45) is 0. The van der Waals surface area contributed by atoms with E-state index >= 15 is 0 Å². The lowest BCUT2D eigenvalue weighted by Gasteiger charge is -2.17. The van der Waals surface area contributed by atoms with Gasteiger partial charge in [-0.05, 0) is 38.1 Å².